The molecular weight excluding hydrogens is 428 g/mol. The van der Waals surface area contributed by atoms with E-state index in [9.17, 15) is 24.3 Å². The molecule has 1 rings (SSSR count). The Bertz CT molecular complexity index is 751. The van der Waals surface area contributed by atoms with Crippen LogP contribution in [0.25, 0.3) is 0 Å². The zero-order valence-electron chi connectivity index (χ0n) is 17.9. The Balaban J connectivity index is 2.58. The second-order valence-corrected chi connectivity index (χ2v) is 8.32. The Morgan fingerprint density at radius 3 is 2.19 bits per heavy atom. The predicted molar refractivity (Wildman–Crippen MR) is 113 cm³/mol. The first kappa shape index (κ1) is 26.2. The summed E-state index contributed by atoms with van der Waals surface area (Å²) in [7, 11) is 1.14. The van der Waals surface area contributed by atoms with E-state index >= 15 is 0 Å². The second-order valence-electron chi connectivity index (χ2n) is 7.29. The van der Waals surface area contributed by atoms with Crippen molar-refractivity contribution in [3.05, 3.63) is 35.9 Å². The number of methoxy groups -OCH3 is 1. The van der Waals surface area contributed by atoms with E-state index in [0.29, 0.717) is 11.8 Å². The van der Waals surface area contributed by atoms with E-state index in [-0.39, 0.29) is 12.4 Å². The number of aliphatic hydroxyl groups excluding tert-OH is 1. The van der Waals surface area contributed by atoms with Crippen molar-refractivity contribution in [2.75, 3.05) is 19.5 Å². The highest BCUT2D eigenvalue weighted by atomic mass is 32.2. The van der Waals surface area contributed by atoms with Crippen LogP contribution >= 0.6 is 11.8 Å². The summed E-state index contributed by atoms with van der Waals surface area (Å²) >= 11 is 0.637. The van der Waals surface area contributed by atoms with Crippen molar-refractivity contribution in [2.24, 2.45) is 0 Å². The van der Waals surface area contributed by atoms with E-state index in [4.69, 9.17) is 9.47 Å². The molecule has 2 amide bonds. The van der Waals surface area contributed by atoms with Gasteiger partial charge in [-0.15, -0.1) is 0 Å². The molecule has 0 aliphatic heterocycles. The fraction of sp³-hybridized carbons (Fsp3) is 0.500. The highest BCUT2D eigenvalue weighted by Crippen LogP contribution is 2.12. The van der Waals surface area contributed by atoms with Gasteiger partial charge < -0.3 is 30.0 Å². The summed E-state index contributed by atoms with van der Waals surface area (Å²) in [6, 6.07) is 6.50. The Morgan fingerprint density at radius 2 is 1.65 bits per heavy atom. The molecule has 31 heavy (non-hydrogen) atoms. The van der Waals surface area contributed by atoms with Crippen LogP contribution in [-0.2, 0) is 30.4 Å². The minimum atomic E-state index is -1.26. The van der Waals surface area contributed by atoms with E-state index in [2.05, 4.69) is 15.4 Å². The van der Waals surface area contributed by atoms with Gasteiger partial charge in [0.25, 0.3) is 0 Å². The zero-order chi connectivity index (χ0) is 23.4. The molecule has 0 aliphatic rings. The minimum absolute atomic E-state index is 0.00359. The van der Waals surface area contributed by atoms with Crippen LogP contribution in [0.1, 0.15) is 26.3 Å². The molecule has 0 aliphatic carbocycles. The van der Waals surface area contributed by atoms with Gasteiger partial charge in [0.2, 0.25) is 5.12 Å². The first-order valence-corrected chi connectivity index (χ1v) is 10.4. The molecule has 10 nitrogen and oxygen atoms in total. The smallest absolute Gasteiger partial charge is 0.408 e. The number of amides is 2. The maximum atomic E-state index is 12.4. The Kier molecular flexibility index (Phi) is 10.8. The maximum Gasteiger partial charge on any atom is 0.408 e. The third-order valence-electron chi connectivity index (χ3n) is 3.54. The molecule has 0 bridgehead atoms. The molecule has 0 heterocycles. The van der Waals surface area contributed by atoms with Gasteiger partial charge in [0.15, 0.2) is 0 Å². The highest BCUT2D eigenvalue weighted by Gasteiger charge is 2.28. The topological polar surface area (TPSA) is 140 Å². The number of ether oxygens (including phenoxy) is 3. The number of alkyl carbamates (subject to hydrolysis) is 2. The minimum Gasteiger partial charge on any atom is -0.467 e. The molecule has 172 valence electrons. The van der Waals surface area contributed by atoms with Crippen LogP contribution in [-0.4, -0.2) is 65.5 Å². The molecule has 3 N–H and O–H groups in total. The van der Waals surface area contributed by atoms with Crippen molar-refractivity contribution in [1.29, 1.82) is 0 Å². The van der Waals surface area contributed by atoms with Crippen LogP contribution in [0, 0.1) is 0 Å². The molecule has 0 unspecified atom stereocenters. The monoisotopic (exact) mass is 456 g/mol. The Labute approximate surface area is 185 Å². The molecule has 0 aromatic heterocycles. The van der Waals surface area contributed by atoms with Crippen LogP contribution in [0.3, 0.4) is 0 Å². The van der Waals surface area contributed by atoms with Gasteiger partial charge in [0.05, 0.1) is 13.7 Å². The van der Waals surface area contributed by atoms with Crippen molar-refractivity contribution < 1.29 is 38.5 Å². The first-order valence-electron chi connectivity index (χ1n) is 9.37. The van der Waals surface area contributed by atoms with Gasteiger partial charge >= 0.3 is 18.2 Å². The molecule has 0 fully saturated rings. The lowest BCUT2D eigenvalue weighted by atomic mass is 10.2. The highest BCUT2D eigenvalue weighted by molar-refractivity contribution is 8.13. The lowest BCUT2D eigenvalue weighted by Gasteiger charge is -2.22. The summed E-state index contributed by atoms with van der Waals surface area (Å²) in [6.07, 6.45) is -1.73. The first-order chi connectivity index (χ1) is 14.6. The summed E-state index contributed by atoms with van der Waals surface area (Å²) < 4.78 is 14.7. The number of hydrogen-bond donors (Lipinski definition) is 3. The molecule has 1 aromatic rings. The summed E-state index contributed by atoms with van der Waals surface area (Å²) in [5, 5.41) is 13.4. The third-order valence-corrected chi connectivity index (χ3v) is 4.61. The van der Waals surface area contributed by atoms with Gasteiger partial charge in [-0.1, -0.05) is 42.1 Å². The molecule has 0 spiro atoms. The van der Waals surface area contributed by atoms with Crippen LogP contribution < -0.4 is 10.6 Å². The molecule has 0 saturated carbocycles. The average Bonchev–Trinajstić information content (AvgIpc) is 2.72. The zero-order valence-corrected chi connectivity index (χ0v) is 18.7. The van der Waals surface area contributed by atoms with Crippen molar-refractivity contribution >= 4 is 35.0 Å². The number of nitrogens with one attached hydrogen (secondary N) is 2. The second kappa shape index (κ2) is 12.8. The van der Waals surface area contributed by atoms with E-state index in [1.54, 1.807) is 45.0 Å². The van der Waals surface area contributed by atoms with Crippen molar-refractivity contribution in [2.45, 2.75) is 45.1 Å². The van der Waals surface area contributed by atoms with E-state index < -0.39 is 47.6 Å². The van der Waals surface area contributed by atoms with Crippen molar-refractivity contribution in [1.82, 2.24) is 10.6 Å². The predicted octanol–water partition coefficient (Wildman–Crippen LogP) is 1.60. The summed E-state index contributed by atoms with van der Waals surface area (Å²) in [5.74, 6) is -0.968. The van der Waals surface area contributed by atoms with E-state index in [1.165, 1.54) is 0 Å². The Hall–Kier alpha value is -2.79. The fourth-order valence-electron chi connectivity index (χ4n) is 2.11. The number of thioether (sulfide) groups is 1. The van der Waals surface area contributed by atoms with Gasteiger partial charge in [0, 0.05) is 5.75 Å². The quantitative estimate of drug-likeness (QED) is 0.373. The number of aliphatic hydroxyl groups is 1. The summed E-state index contributed by atoms with van der Waals surface area (Å²) in [4.78, 5) is 48.1. The maximum absolute atomic E-state index is 12.4. The SMILES string of the molecule is COC(=O)[C@@H](CSC(=O)[C@@H](CO)NC(=O)OCc1ccccc1)NC(=O)OC(C)(C)C. The lowest BCUT2D eigenvalue weighted by Crippen LogP contribution is -2.47. The number of rotatable bonds is 9. The van der Waals surface area contributed by atoms with E-state index in [0.717, 1.165) is 12.7 Å². The molecular formula is C20H28N2O8S. The lowest BCUT2D eigenvalue weighted by molar-refractivity contribution is -0.142. The number of esters is 1. The third kappa shape index (κ3) is 10.7. The molecule has 0 radical (unpaired) electrons. The normalized spacial score (nSPS) is 12.8. The standard InChI is InChI=1S/C20H28N2O8S/c1-20(2,3)30-19(27)22-15(16(24)28-4)12-31-17(25)14(10-23)21-18(26)29-11-13-8-6-5-7-9-13/h5-9,14-15,23H,10-12H2,1-4H3,(H,21,26)(H,22,27)/t14-,15-/m1/s1. The average molecular weight is 457 g/mol. The van der Waals surface area contributed by atoms with Gasteiger partial charge in [0.1, 0.15) is 24.3 Å². The van der Waals surface area contributed by atoms with Gasteiger partial charge in [-0.3, -0.25) is 4.79 Å². The summed E-state index contributed by atoms with van der Waals surface area (Å²) in [6.45, 7) is 4.30. The van der Waals surface area contributed by atoms with Crippen molar-refractivity contribution in [3.63, 3.8) is 0 Å². The number of carbonyl (C=O) groups is 4. The number of hydrogen-bond acceptors (Lipinski definition) is 9. The van der Waals surface area contributed by atoms with Gasteiger partial charge in [-0.2, -0.15) is 0 Å². The fourth-order valence-corrected chi connectivity index (χ4v) is 3.00. The van der Waals surface area contributed by atoms with Crippen LogP contribution in [0.5, 0.6) is 0 Å². The Morgan fingerprint density at radius 1 is 1.03 bits per heavy atom. The number of carbonyl (C=O) groups excluding carboxylic acids is 4. The largest absolute Gasteiger partial charge is 0.467 e. The van der Waals surface area contributed by atoms with Crippen LogP contribution in [0.15, 0.2) is 30.3 Å². The van der Waals surface area contributed by atoms with Crippen molar-refractivity contribution in [3.8, 4) is 0 Å². The van der Waals surface area contributed by atoms with Gasteiger partial charge in [-0.05, 0) is 26.3 Å². The number of benzene rings is 1. The van der Waals surface area contributed by atoms with Crippen LogP contribution in [0.2, 0.25) is 0 Å². The molecule has 2 atom stereocenters. The van der Waals surface area contributed by atoms with E-state index in [1.807, 2.05) is 6.07 Å². The molecule has 0 saturated heterocycles. The molecule has 11 heteroatoms. The van der Waals surface area contributed by atoms with Gasteiger partial charge in [-0.25, -0.2) is 14.4 Å². The summed E-state index contributed by atoms with van der Waals surface area (Å²) in [5.41, 5.74) is -0.0206. The molecule has 1 aromatic carbocycles. The van der Waals surface area contributed by atoms with Crippen LogP contribution in [0.4, 0.5) is 9.59 Å².